The van der Waals surface area contributed by atoms with Gasteiger partial charge in [-0.1, -0.05) is 17.7 Å². The highest BCUT2D eigenvalue weighted by atomic mass is 32.2. The van der Waals surface area contributed by atoms with Gasteiger partial charge in [0.1, 0.15) is 6.04 Å². The second-order valence-corrected chi connectivity index (χ2v) is 6.85. The van der Waals surface area contributed by atoms with Crippen molar-refractivity contribution >= 4 is 21.9 Å². The molecule has 1 aromatic carbocycles. The lowest BCUT2D eigenvalue weighted by Gasteiger charge is -2.16. The molecule has 0 bridgehead atoms. The van der Waals surface area contributed by atoms with Gasteiger partial charge < -0.3 is 15.2 Å². The number of hydrogen-bond acceptors (Lipinski definition) is 6. The number of carbonyl (C=O) groups is 2. The van der Waals surface area contributed by atoms with Gasteiger partial charge in [-0.3, -0.25) is 9.59 Å². The fraction of sp³-hybridized carbons (Fsp3) is 0.467. The van der Waals surface area contributed by atoms with Crippen LogP contribution in [0, 0.1) is 6.92 Å². The molecule has 1 unspecified atom stereocenters. The maximum absolute atomic E-state index is 12.2. The summed E-state index contributed by atoms with van der Waals surface area (Å²) in [5.74, 6) is -1.07. The molecule has 8 nitrogen and oxygen atoms in total. The average molecular weight is 358 g/mol. The van der Waals surface area contributed by atoms with Crippen LogP contribution in [0.15, 0.2) is 29.2 Å². The Morgan fingerprint density at radius 1 is 1.25 bits per heavy atom. The van der Waals surface area contributed by atoms with Crippen LogP contribution >= 0.6 is 0 Å². The number of esters is 1. The van der Waals surface area contributed by atoms with E-state index in [1.54, 1.807) is 12.1 Å². The molecule has 0 fully saturated rings. The van der Waals surface area contributed by atoms with Crippen LogP contribution in [0.3, 0.4) is 0 Å². The standard InChI is InChI=1S/C15H22N2O6S/c1-11-5-7-12(8-6-11)24(21,22)17-13(10-18)15(20)16-9-3-4-14(19)23-2/h5-8,13,17-18H,3-4,9-10H2,1-2H3,(H,16,20). The van der Waals surface area contributed by atoms with Gasteiger partial charge in [-0.05, 0) is 25.5 Å². The molecule has 0 spiro atoms. The van der Waals surface area contributed by atoms with Crippen LogP contribution in [0.2, 0.25) is 0 Å². The van der Waals surface area contributed by atoms with Crippen LogP contribution in [0.1, 0.15) is 18.4 Å². The monoisotopic (exact) mass is 358 g/mol. The zero-order chi connectivity index (χ0) is 18.2. The Hall–Kier alpha value is -1.97. The molecule has 9 heteroatoms. The Morgan fingerprint density at radius 2 is 1.88 bits per heavy atom. The molecule has 0 aliphatic carbocycles. The van der Waals surface area contributed by atoms with Crippen molar-refractivity contribution in [2.24, 2.45) is 0 Å². The number of rotatable bonds is 9. The molecule has 134 valence electrons. The molecule has 1 rings (SSSR count). The number of methoxy groups -OCH3 is 1. The summed E-state index contributed by atoms with van der Waals surface area (Å²) in [6.45, 7) is 1.30. The van der Waals surface area contributed by atoms with Gasteiger partial charge in [0.05, 0.1) is 18.6 Å². The molecule has 0 radical (unpaired) electrons. The minimum atomic E-state index is -3.93. The average Bonchev–Trinajstić information content (AvgIpc) is 2.56. The van der Waals surface area contributed by atoms with Gasteiger partial charge in [0.25, 0.3) is 0 Å². The van der Waals surface area contributed by atoms with E-state index in [1.165, 1.54) is 19.2 Å². The number of nitrogens with one attached hydrogen (secondary N) is 2. The zero-order valence-electron chi connectivity index (χ0n) is 13.6. The van der Waals surface area contributed by atoms with Crippen molar-refractivity contribution in [1.82, 2.24) is 10.0 Å². The Bertz CT molecular complexity index is 657. The highest BCUT2D eigenvalue weighted by Gasteiger charge is 2.24. The van der Waals surface area contributed by atoms with Crippen LogP contribution in [0.25, 0.3) is 0 Å². The number of ether oxygens (including phenoxy) is 1. The molecule has 0 saturated carbocycles. The van der Waals surface area contributed by atoms with E-state index in [4.69, 9.17) is 0 Å². The van der Waals surface area contributed by atoms with Crippen molar-refractivity contribution in [3.05, 3.63) is 29.8 Å². The summed E-state index contributed by atoms with van der Waals surface area (Å²) < 4.78 is 31.0. The predicted molar refractivity (Wildman–Crippen MR) is 86.6 cm³/mol. The summed E-state index contributed by atoms with van der Waals surface area (Å²) >= 11 is 0. The van der Waals surface area contributed by atoms with Crippen LogP contribution in [0.4, 0.5) is 0 Å². The quantitative estimate of drug-likeness (QED) is 0.412. The molecule has 3 N–H and O–H groups in total. The summed E-state index contributed by atoms with van der Waals surface area (Å²) in [4.78, 5) is 22.9. The topological polar surface area (TPSA) is 122 Å². The SMILES string of the molecule is COC(=O)CCCNC(=O)C(CO)NS(=O)(=O)c1ccc(C)cc1. The Labute approximate surface area is 141 Å². The van der Waals surface area contributed by atoms with E-state index >= 15 is 0 Å². The molecule has 0 aliphatic rings. The van der Waals surface area contributed by atoms with E-state index in [2.05, 4.69) is 14.8 Å². The van der Waals surface area contributed by atoms with Gasteiger partial charge >= 0.3 is 5.97 Å². The molecule has 0 saturated heterocycles. The lowest BCUT2D eigenvalue weighted by Crippen LogP contribution is -2.49. The van der Waals surface area contributed by atoms with Crippen molar-refractivity contribution in [2.75, 3.05) is 20.3 Å². The second-order valence-electron chi connectivity index (χ2n) is 5.14. The summed E-state index contributed by atoms with van der Waals surface area (Å²) in [5.41, 5.74) is 0.899. The van der Waals surface area contributed by atoms with Gasteiger partial charge in [-0.25, -0.2) is 8.42 Å². The Balaban J connectivity index is 2.60. The van der Waals surface area contributed by atoms with E-state index in [1.807, 2.05) is 6.92 Å². The molecular weight excluding hydrogens is 336 g/mol. The Kier molecular flexibility index (Phi) is 7.83. The Morgan fingerprint density at radius 3 is 2.42 bits per heavy atom. The third kappa shape index (κ3) is 6.26. The molecule has 1 amide bonds. The molecule has 24 heavy (non-hydrogen) atoms. The number of carbonyl (C=O) groups excluding carboxylic acids is 2. The van der Waals surface area contributed by atoms with Crippen molar-refractivity contribution in [2.45, 2.75) is 30.7 Å². The maximum Gasteiger partial charge on any atom is 0.305 e. The van der Waals surface area contributed by atoms with E-state index in [0.29, 0.717) is 6.42 Å². The largest absolute Gasteiger partial charge is 0.469 e. The minimum Gasteiger partial charge on any atom is -0.469 e. The maximum atomic E-state index is 12.2. The molecule has 0 aliphatic heterocycles. The smallest absolute Gasteiger partial charge is 0.305 e. The zero-order valence-corrected chi connectivity index (χ0v) is 14.4. The number of hydrogen-bond donors (Lipinski definition) is 3. The van der Waals surface area contributed by atoms with Crippen LogP contribution < -0.4 is 10.0 Å². The van der Waals surface area contributed by atoms with Gasteiger partial charge in [0.15, 0.2) is 0 Å². The van der Waals surface area contributed by atoms with Gasteiger partial charge in [-0.2, -0.15) is 4.72 Å². The normalized spacial score (nSPS) is 12.5. The summed E-state index contributed by atoms with van der Waals surface area (Å²) in [6.07, 6.45) is 0.483. The molecule has 1 aromatic rings. The highest BCUT2D eigenvalue weighted by molar-refractivity contribution is 7.89. The van der Waals surface area contributed by atoms with Crippen molar-refractivity contribution in [3.8, 4) is 0 Å². The number of aliphatic hydroxyl groups excluding tert-OH is 1. The highest BCUT2D eigenvalue weighted by Crippen LogP contribution is 2.10. The number of benzene rings is 1. The van der Waals surface area contributed by atoms with Gasteiger partial charge in [0.2, 0.25) is 15.9 Å². The van der Waals surface area contributed by atoms with Crippen molar-refractivity contribution < 1.29 is 27.9 Å². The number of amides is 1. The van der Waals surface area contributed by atoms with Crippen LogP contribution in [0.5, 0.6) is 0 Å². The molecule has 1 atom stereocenters. The molecular formula is C15H22N2O6S. The fourth-order valence-electron chi connectivity index (χ4n) is 1.82. The summed E-state index contributed by atoms with van der Waals surface area (Å²) in [7, 11) is -2.66. The number of sulfonamides is 1. The first-order valence-electron chi connectivity index (χ1n) is 7.34. The van der Waals surface area contributed by atoms with E-state index in [9.17, 15) is 23.1 Å². The first-order chi connectivity index (χ1) is 11.3. The van der Waals surface area contributed by atoms with Crippen LogP contribution in [-0.4, -0.2) is 51.7 Å². The van der Waals surface area contributed by atoms with Gasteiger partial charge in [-0.15, -0.1) is 0 Å². The third-order valence-electron chi connectivity index (χ3n) is 3.21. The minimum absolute atomic E-state index is 0.00467. The van der Waals surface area contributed by atoms with E-state index in [0.717, 1.165) is 5.56 Å². The predicted octanol–water partition coefficient (Wildman–Crippen LogP) is -0.296. The van der Waals surface area contributed by atoms with Gasteiger partial charge in [0, 0.05) is 13.0 Å². The third-order valence-corrected chi connectivity index (χ3v) is 4.70. The van der Waals surface area contributed by atoms with Crippen LogP contribution in [-0.2, 0) is 24.3 Å². The van der Waals surface area contributed by atoms with Crippen molar-refractivity contribution in [3.63, 3.8) is 0 Å². The number of aliphatic hydroxyl groups is 1. The van der Waals surface area contributed by atoms with Crippen molar-refractivity contribution in [1.29, 1.82) is 0 Å². The first kappa shape index (κ1) is 20.1. The summed E-state index contributed by atoms with van der Waals surface area (Å²) in [6, 6.07) is 4.79. The molecule has 0 heterocycles. The molecule has 0 aromatic heterocycles. The summed E-state index contributed by atoms with van der Waals surface area (Å²) in [5, 5.41) is 11.7. The lowest BCUT2D eigenvalue weighted by atomic mass is 10.2. The number of aryl methyl sites for hydroxylation is 1. The first-order valence-corrected chi connectivity index (χ1v) is 8.83. The van der Waals surface area contributed by atoms with E-state index in [-0.39, 0.29) is 17.9 Å². The van der Waals surface area contributed by atoms with E-state index < -0.39 is 34.5 Å². The fourth-order valence-corrected chi connectivity index (χ4v) is 3.00. The second kappa shape index (κ2) is 9.36. The lowest BCUT2D eigenvalue weighted by molar-refractivity contribution is -0.140.